The number of carbonyl (C=O) groups excluding carboxylic acids is 4. The minimum absolute atomic E-state index is 0.0323. The second-order valence-electron chi connectivity index (χ2n) is 12.8. The highest BCUT2D eigenvalue weighted by Crippen LogP contribution is 2.22. The summed E-state index contributed by atoms with van der Waals surface area (Å²) >= 11 is 0. The van der Waals surface area contributed by atoms with Gasteiger partial charge in [-0.15, -0.1) is 0 Å². The van der Waals surface area contributed by atoms with Crippen LogP contribution < -0.4 is 49.3 Å². The zero-order valence-corrected chi connectivity index (χ0v) is 31.9. The van der Waals surface area contributed by atoms with Gasteiger partial charge in [-0.2, -0.15) is 0 Å². The first-order valence-electron chi connectivity index (χ1n) is 17.8. The third-order valence-electron chi connectivity index (χ3n) is 8.01. The van der Waals surface area contributed by atoms with Gasteiger partial charge in [-0.1, -0.05) is 24.3 Å². The summed E-state index contributed by atoms with van der Waals surface area (Å²) in [5, 5.41) is 45.5. The Kier molecular flexibility index (Phi) is 19.5. The molecule has 0 saturated heterocycles. The highest BCUT2D eigenvalue weighted by atomic mass is 19.1. The Balaban J connectivity index is 0.000000818. The van der Waals surface area contributed by atoms with E-state index in [2.05, 4.69) is 21.7 Å². The van der Waals surface area contributed by atoms with E-state index in [1.165, 1.54) is 36.5 Å². The Hall–Kier alpha value is -7.75. The van der Waals surface area contributed by atoms with Gasteiger partial charge in [0.25, 0.3) is 11.8 Å². The first-order valence-corrected chi connectivity index (χ1v) is 17.8. The lowest BCUT2D eigenvalue weighted by molar-refractivity contribution is -0.141. The molecule has 6 amide bonds. The summed E-state index contributed by atoms with van der Waals surface area (Å²) < 4.78 is 12.6. The molecule has 0 bridgehead atoms. The van der Waals surface area contributed by atoms with E-state index >= 15 is 0 Å². The Labute approximate surface area is 341 Å². The van der Waals surface area contributed by atoms with Crippen LogP contribution in [0.25, 0.3) is 0 Å². The van der Waals surface area contributed by atoms with Gasteiger partial charge in [-0.25, -0.2) is 25.0 Å². The van der Waals surface area contributed by atoms with Crippen molar-refractivity contribution in [2.45, 2.75) is 57.0 Å². The van der Waals surface area contributed by atoms with Crippen molar-refractivity contribution in [1.29, 1.82) is 0 Å². The molecule has 60 heavy (non-hydrogen) atoms. The summed E-state index contributed by atoms with van der Waals surface area (Å²) in [7, 11) is 0. The van der Waals surface area contributed by atoms with Gasteiger partial charge >= 0.3 is 35.9 Å². The molecule has 0 fully saturated rings. The molecule has 0 radical (unpaired) electrons. The van der Waals surface area contributed by atoms with Gasteiger partial charge in [-0.3, -0.25) is 28.6 Å². The molecule has 0 aliphatic heterocycles. The molecule has 3 aromatic carbocycles. The Morgan fingerprint density at radius 2 is 1.12 bits per heavy atom. The number of alkyl halides is 1. The fourth-order valence-corrected chi connectivity index (χ4v) is 5.05. The summed E-state index contributed by atoms with van der Waals surface area (Å²) in [4.78, 5) is 90.7. The molecule has 2 atom stereocenters. The number of rotatable bonds is 21. The van der Waals surface area contributed by atoms with Crippen LogP contribution in [-0.4, -0.2) is 86.9 Å². The summed E-state index contributed by atoms with van der Waals surface area (Å²) in [5.74, 6) is 0.406. The fourth-order valence-electron chi connectivity index (χ4n) is 5.05. The number of nitrogens with one attached hydrogen (secondary N) is 4. The number of nitrogens with zero attached hydrogens (tertiary/aromatic N) is 1. The maximum absolute atomic E-state index is 13.3. The number of amides is 6. The lowest BCUT2D eigenvalue weighted by Gasteiger charge is -2.18. The number of urea groups is 2. The topological polar surface area (TPSA) is 373 Å². The lowest BCUT2D eigenvalue weighted by atomic mass is 10.0. The van der Waals surface area contributed by atoms with E-state index in [4.69, 9.17) is 32.6 Å². The van der Waals surface area contributed by atoms with E-state index in [1.54, 1.807) is 36.4 Å². The number of benzene rings is 3. The standard InChI is InChI=1S/C32H36FN7O7.C6H10N2O5/c33-13-1-2-23(34)18-40(36)26-16-21(29(43)37-24-8-3-19(4-9-24)7-12-28(41)42)15-22(17-26)30(44)38-25-10-5-20(6-11-25)14-27(31(45)46)39-32(35)47;7-6(13)8-3(5(11)12)1-2-4(9)10/h3-6,8-11,15-18,27H,1-2,7,12-14,34,36H2,(H,37,43)(H,38,44)(H,41,42)(H,45,46)(H3,35,39,47);3H,1-2H2,(H,9,10)(H,11,12)(H3,7,8,13)/b23-18-;. The van der Waals surface area contributed by atoms with Crippen LogP contribution in [0.1, 0.15) is 63.9 Å². The first kappa shape index (κ1) is 48.4. The number of nitrogens with two attached hydrogens (primary N) is 4. The van der Waals surface area contributed by atoms with Crippen LogP contribution in [0.2, 0.25) is 0 Å². The number of carboxylic acid groups (broad SMARTS) is 4. The highest BCUT2D eigenvalue weighted by Gasteiger charge is 2.21. The molecule has 3 rings (SSSR count). The van der Waals surface area contributed by atoms with Crippen LogP contribution in [0.15, 0.2) is 78.6 Å². The lowest BCUT2D eigenvalue weighted by Crippen LogP contribution is -2.44. The summed E-state index contributed by atoms with van der Waals surface area (Å²) in [6, 6.07) is 12.7. The molecule has 0 aromatic heterocycles. The number of carboxylic acids is 4. The predicted octanol–water partition coefficient (Wildman–Crippen LogP) is 2.08. The molecule has 3 aromatic rings. The number of anilines is 3. The van der Waals surface area contributed by atoms with Gasteiger partial charge in [0.15, 0.2) is 0 Å². The average Bonchev–Trinajstić information content (AvgIpc) is 3.18. The Morgan fingerprint density at radius 3 is 1.55 bits per heavy atom. The van der Waals surface area contributed by atoms with Crippen molar-refractivity contribution in [2.24, 2.45) is 23.0 Å². The third kappa shape index (κ3) is 18.0. The molecule has 0 heterocycles. The number of allylic oxidation sites excluding steroid dienone is 1. The van der Waals surface area contributed by atoms with Gasteiger partial charge in [0.2, 0.25) is 0 Å². The number of carbonyl (C=O) groups is 8. The maximum Gasteiger partial charge on any atom is 0.326 e. The van der Waals surface area contributed by atoms with Crippen molar-refractivity contribution in [3.8, 4) is 0 Å². The third-order valence-corrected chi connectivity index (χ3v) is 8.01. The number of halogens is 1. The van der Waals surface area contributed by atoms with Crippen LogP contribution in [0.4, 0.5) is 31.0 Å². The molecule has 0 aliphatic rings. The fraction of sp³-hybridized carbons (Fsp3) is 0.263. The minimum Gasteiger partial charge on any atom is -0.481 e. The molecular weight excluding hydrogens is 793 g/mol. The monoisotopic (exact) mass is 839 g/mol. The SMILES string of the molecule is NC(=O)NC(CCC(=O)O)C(=O)O.NC(=O)NC(Cc1ccc(NC(=O)c2cc(C(=O)Nc3ccc(CCC(=O)O)cc3)cc(N(N)/C=C(\N)CCCF)c2)cc1)C(=O)O. The zero-order chi connectivity index (χ0) is 44.9. The molecule has 21 nitrogen and oxygen atoms in total. The van der Waals surface area contributed by atoms with E-state index in [0.717, 1.165) is 10.6 Å². The molecule has 0 spiro atoms. The number of hydrogen-bond acceptors (Lipinski definition) is 11. The zero-order valence-electron chi connectivity index (χ0n) is 31.9. The van der Waals surface area contributed by atoms with Crippen LogP contribution in [0, 0.1) is 0 Å². The van der Waals surface area contributed by atoms with E-state index in [9.17, 15) is 47.9 Å². The molecule has 22 heteroatoms. The molecule has 322 valence electrons. The highest BCUT2D eigenvalue weighted by molar-refractivity contribution is 6.09. The van der Waals surface area contributed by atoms with Crippen LogP contribution in [0.3, 0.4) is 0 Å². The van der Waals surface area contributed by atoms with Crippen molar-refractivity contribution < 1.29 is 63.2 Å². The predicted molar refractivity (Wildman–Crippen MR) is 214 cm³/mol. The number of hydrogen-bond donors (Lipinski definition) is 12. The van der Waals surface area contributed by atoms with E-state index in [-0.39, 0.29) is 61.0 Å². The normalized spacial score (nSPS) is 11.7. The van der Waals surface area contributed by atoms with Gasteiger partial charge < -0.3 is 58.9 Å². The number of aryl methyl sites for hydroxylation is 1. The van der Waals surface area contributed by atoms with Crippen LogP contribution in [0.5, 0.6) is 0 Å². The van der Waals surface area contributed by atoms with Crippen molar-refractivity contribution in [3.05, 3.63) is 101 Å². The smallest absolute Gasteiger partial charge is 0.326 e. The number of hydrazine groups is 1. The second-order valence-corrected chi connectivity index (χ2v) is 12.8. The maximum atomic E-state index is 13.3. The van der Waals surface area contributed by atoms with Crippen molar-refractivity contribution in [3.63, 3.8) is 0 Å². The van der Waals surface area contributed by atoms with Gasteiger partial charge in [0.05, 0.1) is 12.4 Å². The summed E-state index contributed by atoms with van der Waals surface area (Å²) in [6.07, 6.45) is 1.52. The van der Waals surface area contributed by atoms with Crippen molar-refractivity contribution >= 4 is 64.8 Å². The largest absolute Gasteiger partial charge is 0.481 e. The van der Waals surface area contributed by atoms with Gasteiger partial charge in [0, 0.05) is 53.7 Å². The Morgan fingerprint density at radius 1 is 0.650 bits per heavy atom. The first-order chi connectivity index (χ1) is 28.3. The average molecular weight is 840 g/mol. The summed E-state index contributed by atoms with van der Waals surface area (Å²) in [5.41, 5.74) is 18.4. The molecule has 0 aliphatic carbocycles. The van der Waals surface area contributed by atoms with Crippen LogP contribution in [-0.2, 0) is 32.0 Å². The van der Waals surface area contributed by atoms with E-state index < -0.39 is 66.5 Å². The molecular formula is C38H46FN9O12. The molecule has 16 N–H and O–H groups in total. The minimum atomic E-state index is -1.31. The van der Waals surface area contributed by atoms with Gasteiger partial charge in [0.1, 0.15) is 12.1 Å². The van der Waals surface area contributed by atoms with Gasteiger partial charge in [-0.05, 0) is 79.3 Å². The van der Waals surface area contributed by atoms with Crippen molar-refractivity contribution in [2.75, 3.05) is 22.3 Å². The van der Waals surface area contributed by atoms with E-state index in [1.807, 2.05) is 5.32 Å². The number of aliphatic carboxylic acids is 4. The second kappa shape index (κ2) is 24.1. The Bertz CT molecular complexity index is 2050. The number of primary amides is 2. The summed E-state index contributed by atoms with van der Waals surface area (Å²) in [6.45, 7) is -0.564. The quantitative estimate of drug-likeness (QED) is 0.0540. The van der Waals surface area contributed by atoms with Crippen LogP contribution >= 0.6 is 0 Å². The molecule has 0 saturated carbocycles. The van der Waals surface area contributed by atoms with E-state index in [0.29, 0.717) is 23.4 Å². The van der Waals surface area contributed by atoms with Crippen molar-refractivity contribution in [1.82, 2.24) is 10.6 Å². The molecule has 2 unspecified atom stereocenters.